The molecule has 0 aromatic rings. The number of alkyl halides is 1. The van der Waals surface area contributed by atoms with Gasteiger partial charge in [0.15, 0.2) is 0 Å². The maximum absolute atomic E-state index is 11.0. The SMILES string of the molecule is CC1(C)CC(Cl)CC1=O. The fourth-order valence-corrected chi connectivity index (χ4v) is 1.74. The van der Waals surface area contributed by atoms with Gasteiger partial charge < -0.3 is 0 Å². The Morgan fingerprint density at radius 3 is 2.33 bits per heavy atom. The van der Waals surface area contributed by atoms with Crippen LogP contribution in [0.25, 0.3) is 0 Å². The molecule has 1 aliphatic rings. The van der Waals surface area contributed by atoms with Crippen LogP contribution >= 0.6 is 11.6 Å². The van der Waals surface area contributed by atoms with Crippen molar-refractivity contribution in [1.29, 1.82) is 0 Å². The molecule has 0 amide bonds. The first-order valence-electron chi connectivity index (χ1n) is 3.20. The van der Waals surface area contributed by atoms with Gasteiger partial charge in [0.2, 0.25) is 0 Å². The first-order chi connectivity index (χ1) is 4.02. The summed E-state index contributed by atoms with van der Waals surface area (Å²) in [4.78, 5) is 11.0. The van der Waals surface area contributed by atoms with Crippen molar-refractivity contribution in [1.82, 2.24) is 0 Å². The van der Waals surface area contributed by atoms with Crippen LogP contribution in [0.4, 0.5) is 0 Å². The van der Waals surface area contributed by atoms with E-state index in [4.69, 9.17) is 11.6 Å². The predicted octanol–water partition coefficient (Wildman–Crippen LogP) is 1.98. The molecule has 0 aromatic carbocycles. The van der Waals surface area contributed by atoms with E-state index in [-0.39, 0.29) is 10.8 Å². The van der Waals surface area contributed by atoms with Crippen molar-refractivity contribution in [3.63, 3.8) is 0 Å². The van der Waals surface area contributed by atoms with Crippen molar-refractivity contribution < 1.29 is 4.79 Å². The van der Waals surface area contributed by atoms with Crippen LogP contribution in [-0.4, -0.2) is 11.2 Å². The van der Waals surface area contributed by atoms with Crippen LogP contribution in [0.15, 0.2) is 0 Å². The molecule has 0 spiro atoms. The van der Waals surface area contributed by atoms with Gasteiger partial charge in [-0.05, 0) is 6.42 Å². The van der Waals surface area contributed by atoms with E-state index in [1.54, 1.807) is 0 Å². The zero-order valence-corrected chi connectivity index (χ0v) is 6.53. The lowest BCUT2D eigenvalue weighted by Gasteiger charge is -2.12. The molecule has 0 saturated heterocycles. The lowest BCUT2D eigenvalue weighted by Crippen LogP contribution is -2.15. The summed E-state index contributed by atoms with van der Waals surface area (Å²) in [6.45, 7) is 3.91. The molecular formula is C7H11ClO. The van der Waals surface area contributed by atoms with Crippen molar-refractivity contribution in [3.8, 4) is 0 Å². The number of carbonyl (C=O) groups is 1. The minimum Gasteiger partial charge on any atom is -0.299 e. The molecule has 0 heterocycles. The third kappa shape index (κ3) is 1.26. The zero-order chi connectivity index (χ0) is 7.07. The lowest BCUT2D eigenvalue weighted by molar-refractivity contribution is -0.124. The second-order valence-electron chi connectivity index (χ2n) is 3.31. The summed E-state index contributed by atoms with van der Waals surface area (Å²) in [5, 5.41) is 0.0903. The molecule has 1 rings (SSSR count). The molecule has 0 aromatic heterocycles. The molecule has 1 nitrogen and oxygen atoms in total. The molecule has 1 atom stereocenters. The number of rotatable bonds is 0. The third-order valence-electron chi connectivity index (χ3n) is 1.89. The smallest absolute Gasteiger partial charge is 0.140 e. The van der Waals surface area contributed by atoms with E-state index >= 15 is 0 Å². The molecule has 0 aliphatic heterocycles. The summed E-state index contributed by atoms with van der Waals surface area (Å²) < 4.78 is 0. The summed E-state index contributed by atoms with van der Waals surface area (Å²) in [6, 6.07) is 0. The molecule has 0 N–H and O–H groups in total. The van der Waals surface area contributed by atoms with E-state index in [2.05, 4.69) is 0 Å². The molecule has 0 radical (unpaired) electrons. The van der Waals surface area contributed by atoms with E-state index in [9.17, 15) is 4.79 Å². The molecule has 1 unspecified atom stereocenters. The summed E-state index contributed by atoms with van der Waals surface area (Å²) >= 11 is 5.77. The Hall–Kier alpha value is -0.0400. The second kappa shape index (κ2) is 1.98. The topological polar surface area (TPSA) is 17.1 Å². The van der Waals surface area contributed by atoms with Gasteiger partial charge in [-0.3, -0.25) is 4.79 Å². The number of hydrogen-bond acceptors (Lipinski definition) is 1. The van der Waals surface area contributed by atoms with E-state index in [1.165, 1.54) is 0 Å². The number of Topliss-reactive ketones (excluding diaryl/α,β-unsaturated/α-hetero) is 1. The summed E-state index contributed by atoms with van der Waals surface area (Å²) in [6.07, 6.45) is 1.40. The molecule has 0 bridgehead atoms. The van der Waals surface area contributed by atoms with Gasteiger partial charge in [0, 0.05) is 17.2 Å². The third-order valence-corrected chi connectivity index (χ3v) is 2.20. The highest BCUT2D eigenvalue weighted by Crippen LogP contribution is 2.36. The molecule has 2 heteroatoms. The van der Waals surface area contributed by atoms with Gasteiger partial charge in [-0.25, -0.2) is 0 Å². The number of carbonyl (C=O) groups excluding carboxylic acids is 1. The summed E-state index contributed by atoms with van der Waals surface area (Å²) in [5.41, 5.74) is -0.146. The van der Waals surface area contributed by atoms with Crippen LogP contribution in [0.5, 0.6) is 0 Å². The van der Waals surface area contributed by atoms with Crippen molar-refractivity contribution in [3.05, 3.63) is 0 Å². The minimum atomic E-state index is -0.146. The van der Waals surface area contributed by atoms with Crippen molar-refractivity contribution in [2.75, 3.05) is 0 Å². The first kappa shape index (κ1) is 7.07. The van der Waals surface area contributed by atoms with Crippen LogP contribution in [0.2, 0.25) is 0 Å². The zero-order valence-electron chi connectivity index (χ0n) is 5.78. The van der Waals surface area contributed by atoms with Crippen LogP contribution in [-0.2, 0) is 4.79 Å². The molecule has 52 valence electrons. The van der Waals surface area contributed by atoms with Crippen molar-refractivity contribution in [2.24, 2.45) is 5.41 Å². The Labute approximate surface area is 60.4 Å². The summed E-state index contributed by atoms with van der Waals surface area (Å²) in [7, 11) is 0. The Balaban J connectivity index is 2.70. The Morgan fingerprint density at radius 2 is 2.22 bits per heavy atom. The van der Waals surface area contributed by atoms with Gasteiger partial charge in [0.1, 0.15) is 5.78 Å². The monoisotopic (exact) mass is 146 g/mol. The fourth-order valence-electron chi connectivity index (χ4n) is 1.22. The van der Waals surface area contributed by atoms with Gasteiger partial charge in [-0.1, -0.05) is 13.8 Å². The van der Waals surface area contributed by atoms with Crippen molar-refractivity contribution in [2.45, 2.75) is 32.1 Å². The fraction of sp³-hybridized carbons (Fsp3) is 0.857. The van der Waals surface area contributed by atoms with Gasteiger partial charge in [-0.15, -0.1) is 11.6 Å². The quantitative estimate of drug-likeness (QED) is 0.478. The van der Waals surface area contributed by atoms with Crippen molar-refractivity contribution >= 4 is 17.4 Å². The number of ketones is 1. The molecule has 1 saturated carbocycles. The van der Waals surface area contributed by atoms with Gasteiger partial charge >= 0.3 is 0 Å². The Morgan fingerprint density at radius 1 is 1.67 bits per heavy atom. The minimum absolute atomic E-state index is 0.0903. The first-order valence-corrected chi connectivity index (χ1v) is 3.63. The maximum Gasteiger partial charge on any atom is 0.140 e. The number of halogens is 1. The lowest BCUT2D eigenvalue weighted by atomic mass is 9.91. The molecule has 9 heavy (non-hydrogen) atoms. The van der Waals surface area contributed by atoms with Crippen LogP contribution in [0.3, 0.4) is 0 Å². The van der Waals surface area contributed by atoms with Gasteiger partial charge in [-0.2, -0.15) is 0 Å². The predicted molar refractivity (Wildman–Crippen MR) is 37.7 cm³/mol. The van der Waals surface area contributed by atoms with Crippen LogP contribution in [0, 0.1) is 5.41 Å². The second-order valence-corrected chi connectivity index (χ2v) is 3.93. The largest absolute Gasteiger partial charge is 0.299 e. The maximum atomic E-state index is 11.0. The van der Waals surface area contributed by atoms with E-state index in [0.717, 1.165) is 6.42 Å². The Bertz CT molecular complexity index is 140. The normalized spacial score (nSPS) is 33.2. The van der Waals surface area contributed by atoms with Crippen LogP contribution < -0.4 is 0 Å². The molecule has 1 fully saturated rings. The highest BCUT2D eigenvalue weighted by molar-refractivity contribution is 6.23. The summed E-state index contributed by atoms with van der Waals surface area (Å²) in [5.74, 6) is 0.308. The molecular weight excluding hydrogens is 136 g/mol. The van der Waals surface area contributed by atoms with Crippen LogP contribution in [0.1, 0.15) is 26.7 Å². The number of hydrogen-bond donors (Lipinski definition) is 0. The standard InChI is InChI=1S/C7H11ClO/c1-7(2)4-5(8)3-6(7)9/h5H,3-4H2,1-2H3. The average molecular weight is 147 g/mol. The highest BCUT2D eigenvalue weighted by atomic mass is 35.5. The van der Waals surface area contributed by atoms with Gasteiger partial charge in [0.25, 0.3) is 0 Å². The van der Waals surface area contributed by atoms with E-state index in [0.29, 0.717) is 12.2 Å². The van der Waals surface area contributed by atoms with E-state index < -0.39 is 0 Å². The highest BCUT2D eigenvalue weighted by Gasteiger charge is 2.37. The average Bonchev–Trinajstić information content (AvgIpc) is 1.79. The Kier molecular flexibility index (Phi) is 1.55. The molecule has 1 aliphatic carbocycles. The van der Waals surface area contributed by atoms with E-state index in [1.807, 2.05) is 13.8 Å². The van der Waals surface area contributed by atoms with Gasteiger partial charge in [0.05, 0.1) is 0 Å².